The molecule has 4 unspecified atom stereocenters. The van der Waals surface area contributed by atoms with Gasteiger partial charge in [0.15, 0.2) is 0 Å². The zero-order chi connectivity index (χ0) is 23.6. The maximum absolute atomic E-state index is 12.8. The summed E-state index contributed by atoms with van der Waals surface area (Å²) in [5, 5.41) is 3.12. The van der Waals surface area contributed by atoms with Gasteiger partial charge < -0.3 is 10.1 Å². The molecule has 1 aromatic rings. The Morgan fingerprint density at radius 2 is 1.88 bits per heavy atom. The number of epoxide rings is 1. The number of pyridine rings is 1. The van der Waals surface area contributed by atoms with Crippen LogP contribution in [0.4, 0.5) is 0 Å². The van der Waals surface area contributed by atoms with E-state index in [1.165, 1.54) is 0 Å². The molecular weight excluding hydrogens is 400 g/mol. The number of rotatable bonds is 2. The molecule has 4 atom stereocenters. The lowest BCUT2D eigenvalue weighted by atomic mass is 9.67. The molecule has 1 aromatic heterocycles. The van der Waals surface area contributed by atoms with Gasteiger partial charge in [-0.25, -0.2) is 0 Å². The number of ether oxygens (including phenoxy) is 1. The summed E-state index contributed by atoms with van der Waals surface area (Å²) >= 11 is 0. The Bertz CT molecular complexity index is 852. The number of fused-ring (bicyclic) bond motifs is 1. The third-order valence-electron chi connectivity index (χ3n) is 8.23. The summed E-state index contributed by atoms with van der Waals surface area (Å²) < 4.78 is 6.48. The summed E-state index contributed by atoms with van der Waals surface area (Å²) in [7, 11) is 0. The normalized spacial score (nSPS) is 36.6. The van der Waals surface area contributed by atoms with Crippen molar-refractivity contribution in [2.24, 2.45) is 11.3 Å². The number of hydrogen-bond acceptors (Lipinski definition) is 4. The van der Waals surface area contributed by atoms with Gasteiger partial charge in [0.2, 0.25) is 5.91 Å². The molecule has 2 aliphatic rings. The topological polar surface area (TPSA) is 71.6 Å². The van der Waals surface area contributed by atoms with Crippen LogP contribution in [0, 0.1) is 11.3 Å². The Labute approximate surface area is 193 Å². The first-order valence-corrected chi connectivity index (χ1v) is 12.0. The van der Waals surface area contributed by atoms with E-state index in [1.54, 1.807) is 6.20 Å². The molecule has 0 aromatic carbocycles. The maximum atomic E-state index is 12.8. The van der Waals surface area contributed by atoms with Crippen molar-refractivity contribution < 1.29 is 14.3 Å². The van der Waals surface area contributed by atoms with Crippen LogP contribution in [0.15, 0.2) is 37.1 Å². The number of hydrogen-bond donors (Lipinski definition) is 1. The number of Topliss-reactive ketones (excluding diaryl/α,β-unsaturated/α-hetero) is 1. The second-order valence-corrected chi connectivity index (χ2v) is 10.9. The number of amides is 1. The zero-order valence-electron chi connectivity index (χ0n) is 20.5. The zero-order valence-corrected chi connectivity index (χ0v) is 20.5. The molecule has 2 aliphatic heterocycles. The highest BCUT2D eigenvalue weighted by atomic mass is 16.6. The predicted molar refractivity (Wildman–Crippen MR) is 127 cm³/mol. The van der Waals surface area contributed by atoms with Crippen LogP contribution in [0.1, 0.15) is 85.3 Å². The van der Waals surface area contributed by atoms with E-state index in [0.29, 0.717) is 31.7 Å². The van der Waals surface area contributed by atoms with Gasteiger partial charge in [-0.3, -0.25) is 14.6 Å². The van der Waals surface area contributed by atoms with Gasteiger partial charge in [-0.1, -0.05) is 45.8 Å². The van der Waals surface area contributed by atoms with Crippen LogP contribution in [0.5, 0.6) is 0 Å². The van der Waals surface area contributed by atoms with Gasteiger partial charge in [-0.15, -0.1) is 6.58 Å². The van der Waals surface area contributed by atoms with Crippen LogP contribution in [-0.2, 0) is 19.7 Å². The van der Waals surface area contributed by atoms with Crippen LogP contribution < -0.4 is 5.32 Å². The Hall–Kier alpha value is -2.01. The number of aromatic nitrogens is 1. The molecule has 5 nitrogen and oxygen atoms in total. The molecule has 32 heavy (non-hydrogen) atoms. The first-order chi connectivity index (χ1) is 15.0. The highest BCUT2D eigenvalue weighted by molar-refractivity contribution is 5.85. The second-order valence-electron chi connectivity index (χ2n) is 10.9. The third kappa shape index (κ3) is 4.54. The molecule has 176 valence electrons. The average Bonchev–Trinajstić information content (AvgIpc) is 3.33. The molecule has 3 heterocycles. The fourth-order valence-electron chi connectivity index (χ4n) is 5.32. The third-order valence-corrected chi connectivity index (χ3v) is 8.23. The van der Waals surface area contributed by atoms with Gasteiger partial charge in [0.1, 0.15) is 11.4 Å². The standard InChI is InChI=1S/C27H40N2O3/c1-7-27(21-12-8-9-18-28-21)19-29-23(31)15-17-24(3,4)22(30)14-13-20(2)11-10-16-25(5)26(27,6)32-25/h7-9,12,18,20H,1,10-11,13-17,19H2,2-6H3,(H,29,31). The molecule has 2 fully saturated rings. The van der Waals surface area contributed by atoms with E-state index in [1.807, 2.05) is 38.1 Å². The van der Waals surface area contributed by atoms with Gasteiger partial charge in [-0.05, 0) is 51.2 Å². The van der Waals surface area contributed by atoms with Crippen LogP contribution in [-0.4, -0.2) is 34.4 Å². The van der Waals surface area contributed by atoms with Crippen molar-refractivity contribution >= 4 is 11.7 Å². The first kappa shape index (κ1) is 24.6. The SMILES string of the molecule is C=CC1(c2ccccn2)CNC(=O)CCC(C)(C)C(=O)CCC(C)CCCC2(C)OC21C. The smallest absolute Gasteiger partial charge is 0.220 e. The van der Waals surface area contributed by atoms with E-state index in [9.17, 15) is 9.59 Å². The first-order valence-electron chi connectivity index (χ1n) is 12.0. The van der Waals surface area contributed by atoms with E-state index >= 15 is 0 Å². The molecule has 0 spiro atoms. The minimum Gasteiger partial charge on any atom is -0.362 e. The maximum Gasteiger partial charge on any atom is 0.220 e. The van der Waals surface area contributed by atoms with Crippen molar-refractivity contribution in [3.05, 3.63) is 42.7 Å². The summed E-state index contributed by atoms with van der Waals surface area (Å²) in [6, 6.07) is 5.85. The summed E-state index contributed by atoms with van der Waals surface area (Å²) in [5.41, 5.74) is -1.12. The summed E-state index contributed by atoms with van der Waals surface area (Å²) in [6.07, 6.45) is 9.05. The highest BCUT2D eigenvalue weighted by Gasteiger charge is 2.72. The van der Waals surface area contributed by atoms with Crippen molar-refractivity contribution in [2.45, 2.75) is 96.2 Å². The highest BCUT2D eigenvalue weighted by Crippen LogP contribution is 2.61. The molecule has 3 rings (SSSR count). The summed E-state index contributed by atoms with van der Waals surface area (Å²) in [4.78, 5) is 30.3. The number of nitrogens with one attached hydrogen (secondary N) is 1. The van der Waals surface area contributed by atoms with Gasteiger partial charge in [0, 0.05) is 31.0 Å². The lowest BCUT2D eigenvalue weighted by Gasteiger charge is -2.36. The lowest BCUT2D eigenvalue weighted by molar-refractivity contribution is -0.128. The molecule has 0 saturated carbocycles. The van der Waals surface area contributed by atoms with Crippen molar-refractivity contribution in [1.82, 2.24) is 10.3 Å². The Balaban J connectivity index is 1.92. The van der Waals surface area contributed by atoms with Crippen LogP contribution in [0.3, 0.4) is 0 Å². The van der Waals surface area contributed by atoms with E-state index < -0.39 is 16.4 Å². The summed E-state index contributed by atoms with van der Waals surface area (Å²) in [6.45, 7) is 15.0. The van der Waals surface area contributed by atoms with Crippen molar-refractivity contribution in [2.75, 3.05) is 6.54 Å². The number of carbonyl (C=O) groups excluding carboxylic acids is 2. The fourth-order valence-corrected chi connectivity index (χ4v) is 5.32. The molecule has 0 aliphatic carbocycles. The number of carbonyl (C=O) groups is 2. The van der Waals surface area contributed by atoms with Gasteiger partial charge in [-0.2, -0.15) is 0 Å². The lowest BCUT2D eigenvalue weighted by Crippen LogP contribution is -2.52. The van der Waals surface area contributed by atoms with E-state index in [2.05, 4.69) is 37.7 Å². The van der Waals surface area contributed by atoms with Crippen molar-refractivity contribution in [3.63, 3.8) is 0 Å². The fraction of sp³-hybridized carbons (Fsp3) is 0.667. The van der Waals surface area contributed by atoms with Gasteiger partial charge in [0.05, 0.1) is 16.7 Å². The number of ketones is 1. The Morgan fingerprint density at radius 3 is 2.53 bits per heavy atom. The predicted octanol–water partition coefficient (Wildman–Crippen LogP) is 5.14. The number of nitrogens with zero attached hydrogens (tertiary/aromatic N) is 1. The second kappa shape index (κ2) is 9.09. The van der Waals surface area contributed by atoms with E-state index in [-0.39, 0.29) is 17.3 Å². The molecule has 2 saturated heterocycles. The van der Waals surface area contributed by atoms with E-state index in [0.717, 1.165) is 31.4 Å². The quantitative estimate of drug-likeness (QED) is 0.510. The molecule has 1 N–H and O–H groups in total. The molecule has 5 heteroatoms. The molecule has 0 radical (unpaired) electrons. The van der Waals surface area contributed by atoms with Crippen LogP contribution in [0.25, 0.3) is 0 Å². The monoisotopic (exact) mass is 440 g/mol. The van der Waals surface area contributed by atoms with Gasteiger partial charge in [0.25, 0.3) is 0 Å². The molecular formula is C27H40N2O3. The van der Waals surface area contributed by atoms with Gasteiger partial charge >= 0.3 is 0 Å². The van der Waals surface area contributed by atoms with E-state index in [4.69, 9.17) is 4.74 Å². The minimum atomic E-state index is -0.646. The van der Waals surface area contributed by atoms with Crippen molar-refractivity contribution in [3.8, 4) is 0 Å². The summed E-state index contributed by atoms with van der Waals surface area (Å²) in [5.74, 6) is 0.683. The average molecular weight is 441 g/mol. The minimum absolute atomic E-state index is 0.0561. The molecule has 0 bridgehead atoms. The Morgan fingerprint density at radius 1 is 1.12 bits per heavy atom. The molecule has 1 amide bonds. The largest absolute Gasteiger partial charge is 0.362 e. The Kier molecular flexibility index (Phi) is 6.99. The van der Waals surface area contributed by atoms with Crippen LogP contribution >= 0.6 is 0 Å². The van der Waals surface area contributed by atoms with Crippen molar-refractivity contribution in [1.29, 1.82) is 0 Å². The van der Waals surface area contributed by atoms with Crippen LogP contribution in [0.2, 0.25) is 0 Å².